The van der Waals surface area contributed by atoms with Gasteiger partial charge in [0.1, 0.15) is 0 Å². The van der Waals surface area contributed by atoms with E-state index in [-0.39, 0.29) is 12.5 Å². The third kappa shape index (κ3) is 4.16. The Morgan fingerprint density at radius 1 is 1.18 bits per heavy atom. The summed E-state index contributed by atoms with van der Waals surface area (Å²) < 4.78 is 29.0. The van der Waals surface area contributed by atoms with Gasteiger partial charge in [0.25, 0.3) is 5.92 Å². The Morgan fingerprint density at radius 3 is 2.32 bits per heavy atom. The topological polar surface area (TPSA) is 26.8 Å². The lowest BCUT2D eigenvalue weighted by Crippen LogP contribution is -2.62. The quantitative estimate of drug-likeness (QED) is 0.792. The summed E-state index contributed by atoms with van der Waals surface area (Å²) in [5.41, 5.74) is 0. The second-order valence-corrected chi connectivity index (χ2v) is 6.96. The molecule has 1 amide bonds. The van der Waals surface area contributed by atoms with Crippen LogP contribution in [0.15, 0.2) is 0 Å². The van der Waals surface area contributed by atoms with Gasteiger partial charge in [-0.1, -0.05) is 20.8 Å². The van der Waals surface area contributed by atoms with Crippen LogP contribution < -0.4 is 0 Å². The molecule has 2 aliphatic heterocycles. The van der Waals surface area contributed by atoms with Crippen molar-refractivity contribution in [3.63, 3.8) is 0 Å². The van der Waals surface area contributed by atoms with Gasteiger partial charge in [-0.15, -0.1) is 0 Å². The van der Waals surface area contributed by atoms with Crippen LogP contribution in [-0.2, 0) is 4.79 Å². The highest BCUT2D eigenvalue weighted by atomic mass is 19.3. The number of halogens is 2. The molecule has 0 bridgehead atoms. The van der Waals surface area contributed by atoms with Crippen LogP contribution in [0.5, 0.6) is 0 Å². The van der Waals surface area contributed by atoms with Crippen LogP contribution in [0.1, 0.15) is 33.6 Å². The van der Waals surface area contributed by atoms with Gasteiger partial charge in [0.05, 0.1) is 12.6 Å². The lowest BCUT2D eigenvalue weighted by Gasteiger charge is -2.46. The monoisotopic (exact) mass is 317 g/mol. The Kier molecular flexibility index (Phi) is 5.77. The van der Waals surface area contributed by atoms with Crippen LogP contribution in [-0.4, -0.2) is 78.4 Å². The molecule has 0 unspecified atom stereocenters. The summed E-state index contributed by atoms with van der Waals surface area (Å²) in [4.78, 5) is 17.3. The predicted molar refractivity (Wildman–Crippen MR) is 83.1 cm³/mol. The standard InChI is InChI=1S/C16H29F2N3O/c1-4-15(22)21-9-7-20(8-10-21)14-5-6-19(11-13(2)3)12-16(14,17)18/h13-14H,4-12H2,1-3H3/t14-/m0/s1. The summed E-state index contributed by atoms with van der Waals surface area (Å²) in [5.74, 6) is -2.13. The molecule has 4 nitrogen and oxygen atoms in total. The minimum Gasteiger partial charge on any atom is -0.340 e. The van der Waals surface area contributed by atoms with E-state index in [9.17, 15) is 13.6 Å². The summed E-state index contributed by atoms with van der Waals surface area (Å²) >= 11 is 0. The van der Waals surface area contributed by atoms with Crippen LogP contribution in [0.4, 0.5) is 8.78 Å². The van der Waals surface area contributed by atoms with Gasteiger partial charge in [0.2, 0.25) is 5.91 Å². The van der Waals surface area contributed by atoms with Crippen LogP contribution in [0, 0.1) is 5.92 Å². The van der Waals surface area contributed by atoms with Crippen molar-refractivity contribution >= 4 is 5.91 Å². The zero-order chi connectivity index (χ0) is 16.3. The SMILES string of the molecule is CCC(=O)N1CCN([C@H]2CCN(CC(C)C)CC2(F)F)CC1. The Morgan fingerprint density at radius 2 is 1.82 bits per heavy atom. The molecule has 0 aromatic carbocycles. The molecule has 1 atom stereocenters. The second-order valence-electron chi connectivity index (χ2n) is 6.96. The lowest BCUT2D eigenvalue weighted by atomic mass is 9.97. The highest BCUT2D eigenvalue weighted by Gasteiger charge is 2.47. The number of amides is 1. The van der Waals surface area contributed by atoms with Crippen molar-refractivity contribution < 1.29 is 13.6 Å². The molecule has 6 heteroatoms. The van der Waals surface area contributed by atoms with E-state index in [1.165, 1.54) is 0 Å². The van der Waals surface area contributed by atoms with Gasteiger partial charge < -0.3 is 4.90 Å². The number of carbonyl (C=O) groups excluding carboxylic acids is 1. The van der Waals surface area contributed by atoms with E-state index in [0.717, 1.165) is 13.1 Å². The number of hydrogen-bond donors (Lipinski definition) is 0. The number of alkyl halides is 2. The van der Waals surface area contributed by atoms with Gasteiger partial charge >= 0.3 is 0 Å². The van der Waals surface area contributed by atoms with E-state index in [2.05, 4.69) is 13.8 Å². The molecule has 2 heterocycles. The van der Waals surface area contributed by atoms with Gasteiger partial charge in [0.15, 0.2) is 0 Å². The van der Waals surface area contributed by atoms with Crippen molar-refractivity contribution in [2.45, 2.75) is 45.6 Å². The molecule has 2 fully saturated rings. The smallest absolute Gasteiger partial charge is 0.275 e. The maximum atomic E-state index is 14.5. The Balaban J connectivity index is 1.90. The molecule has 0 saturated carbocycles. The highest BCUT2D eigenvalue weighted by molar-refractivity contribution is 5.75. The van der Waals surface area contributed by atoms with Crippen LogP contribution in [0.2, 0.25) is 0 Å². The molecule has 0 aromatic rings. The second kappa shape index (κ2) is 7.21. The van der Waals surface area contributed by atoms with Gasteiger partial charge in [-0.2, -0.15) is 0 Å². The molecule has 2 saturated heterocycles. The molecule has 0 radical (unpaired) electrons. The summed E-state index contributed by atoms with van der Waals surface area (Å²) in [7, 11) is 0. The zero-order valence-corrected chi connectivity index (χ0v) is 14.0. The Labute approximate surface area is 132 Å². The Bertz CT molecular complexity index is 382. The van der Waals surface area contributed by atoms with Crippen LogP contribution >= 0.6 is 0 Å². The number of nitrogens with zero attached hydrogens (tertiary/aromatic N) is 3. The van der Waals surface area contributed by atoms with Crippen molar-refractivity contribution in [1.82, 2.24) is 14.7 Å². The first-order chi connectivity index (χ1) is 10.3. The van der Waals surface area contributed by atoms with Crippen LogP contribution in [0.25, 0.3) is 0 Å². The fourth-order valence-corrected chi connectivity index (χ4v) is 3.63. The molecule has 0 spiro atoms. The molecule has 128 valence electrons. The average Bonchev–Trinajstić information content (AvgIpc) is 2.45. The van der Waals surface area contributed by atoms with E-state index in [1.807, 2.05) is 16.7 Å². The molecule has 0 N–H and O–H groups in total. The first kappa shape index (κ1) is 17.6. The summed E-state index contributed by atoms with van der Waals surface area (Å²) in [5, 5.41) is 0. The third-order valence-corrected chi connectivity index (χ3v) is 4.67. The van der Waals surface area contributed by atoms with Crippen molar-refractivity contribution in [2.24, 2.45) is 5.92 Å². The molecule has 2 rings (SSSR count). The largest absolute Gasteiger partial charge is 0.340 e. The van der Waals surface area contributed by atoms with Gasteiger partial charge in [-0.3, -0.25) is 14.6 Å². The predicted octanol–water partition coefficient (Wildman–Crippen LogP) is 1.91. The fourth-order valence-electron chi connectivity index (χ4n) is 3.63. The maximum Gasteiger partial charge on any atom is 0.275 e. The van der Waals surface area contributed by atoms with Crippen LogP contribution in [0.3, 0.4) is 0 Å². The minimum atomic E-state index is -2.66. The first-order valence-corrected chi connectivity index (χ1v) is 8.45. The minimum absolute atomic E-state index is 0.123. The van der Waals surface area contributed by atoms with E-state index in [1.54, 1.807) is 4.90 Å². The summed E-state index contributed by atoms with van der Waals surface area (Å²) in [6.07, 6.45) is 1.01. The molecular weight excluding hydrogens is 288 g/mol. The number of rotatable bonds is 4. The number of piperazine rings is 1. The van der Waals surface area contributed by atoms with Crippen molar-refractivity contribution in [2.75, 3.05) is 45.8 Å². The average molecular weight is 317 g/mol. The van der Waals surface area contributed by atoms with E-state index in [0.29, 0.717) is 44.9 Å². The first-order valence-electron chi connectivity index (χ1n) is 8.45. The van der Waals surface area contributed by atoms with Gasteiger partial charge in [0, 0.05) is 45.7 Å². The molecule has 22 heavy (non-hydrogen) atoms. The van der Waals surface area contributed by atoms with Crippen molar-refractivity contribution in [3.05, 3.63) is 0 Å². The molecule has 0 aliphatic carbocycles. The number of piperidine rings is 1. The number of likely N-dealkylation sites (tertiary alicyclic amines) is 1. The Hall–Kier alpha value is -0.750. The highest BCUT2D eigenvalue weighted by Crippen LogP contribution is 2.32. The van der Waals surface area contributed by atoms with Gasteiger partial charge in [-0.05, 0) is 12.3 Å². The summed E-state index contributed by atoms with van der Waals surface area (Å²) in [6.45, 7) is 9.60. The molecule has 0 aromatic heterocycles. The molecule has 2 aliphatic rings. The normalized spacial score (nSPS) is 27.4. The van der Waals surface area contributed by atoms with Gasteiger partial charge in [-0.25, -0.2) is 8.78 Å². The van der Waals surface area contributed by atoms with E-state index >= 15 is 0 Å². The lowest BCUT2D eigenvalue weighted by molar-refractivity contribution is -0.143. The van der Waals surface area contributed by atoms with E-state index < -0.39 is 12.0 Å². The maximum absolute atomic E-state index is 14.5. The van der Waals surface area contributed by atoms with Crippen molar-refractivity contribution in [1.29, 1.82) is 0 Å². The zero-order valence-electron chi connectivity index (χ0n) is 14.0. The number of carbonyl (C=O) groups is 1. The molecular formula is C16H29F2N3O. The fraction of sp³-hybridized carbons (Fsp3) is 0.938. The van der Waals surface area contributed by atoms with Crippen molar-refractivity contribution in [3.8, 4) is 0 Å². The summed E-state index contributed by atoms with van der Waals surface area (Å²) in [6, 6.07) is -0.671. The van der Waals surface area contributed by atoms with E-state index in [4.69, 9.17) is 0 Å². The third-order valence-electron chi connectivity index (χ3n) is 4.67. The number of hydrogen-bond acceptors (Lipinski definition) is 3.